The molecule has 6 heteroatoms. The molecule has 70 valence electrons. The molecule has 0 amide bonds. The highest BCUT2D eigenvalue weighted by molar-refractivity contribution is 7.89. The summed E-state index contributed by atoms with van der Waals surface area (Å²) in [6, 6.07) is 0. The van der Waals surface area contributed by atoms with Gasteiger partial charge in [0.15, 0.2) is 0 Å². The quantitative estimate of drug-likeness (QED) is 0.646. The van der Waals surface area contributed by atoms with Crippen LogP contribution in [0.25, 0.3) is 0 Å². The van der Waals surface area contributed by atoms with Crippen molar-refractivity contribution < 1.29 is 18.3 Å². The number of aliphatic carboxylic acids is 1. The van der Waals surface area contributed by atoms with Crippen LogP contribution in [-0.4, -0.2) is 42.6 Å². The topological polar surface area (TPSA) is 74.7 Å². The molecule has 0 bridgehead atoms. The number of hydrogen-bond acceptors (Lipinski definition) is 3. The van der Waals surface area contributed by atoms with Crippen molar-refractivity contribution in [3.63, 3.8) is 0 Å². The van der Waals surface area contributed by atoms with Gasteiger partial charge in [-0.15, -0.1) is 0 Å². The molecule has 0 spiro atoms. The molecule has 0 radical (unpaired) electrons. The van der Waals surface area contributed by atoms with Gasteiger partial charge >= 0.3 is 5.97 Å². The van der Waals surface area contributed by atoms with Gasteiger partial charge in [0, 0.05) is 13.1 Å². The van der Waals surface area contributed by atoms with Gasteiger partial charge in [-0.05, 0) is 6.92 Å². The highest BCUT2D eigenvalue weighted by atomic mass is 32.2. The van der Waals surface area contributed by atoms with E-state index in [0.717, 1.165) is 0 Å². The van der Waals surface area contributed by atoms with Crippen molar-refractivity contribution >= 4 is 16.0 Å². The first-order valence-corrected chi connectivity index (χ1v) is 5.29. The molecule has 1 aliphatic rings. The lowest BCUT2D eigenvalue weighted by molar-refractivity contribution is -0.145. The van der Waals surface area contributed by atoms with Crippen LogP contribution in [-0.2, 0) is 14.8 Å². The van der Waals surface area contributed by atoms with E-state index in [4.69, 9.17) is 5.11 Å². The van der Waals surface area contributed by atoms with Gasteiger partial charge in [0.2, 0.25) is 10.0 Å². The van der Waals surface area contributed by atoms with E-state index in [-0.39, 0.29) is 18.8 Å². The van der Waals surface area contributed by atoms with Crippen molar-refractivity contribution in [3.05, 3.63) is 0 Å². The standard InChI is InChI=1S/C6H11NO4S/c1-2-12(10,11)7-3-5(4-7)6(8)9/h5H,2-4H2,1H3,(H,8,9). The Bertz CT molecular complexity index is 278. The maximum absolute atomic E-state index is 11.1. The smallest absolute Gasteiger partial charge is 0.309 e. The molecule has 1 heterocycles. The summed E-state index contributed by atoms with van der Waals surface area (Å²) >= 11 is 0. The van der Waals surface area contributed by atoms with Crippen LogP contribution in [0.3, 0.4) is 0 Å². The minimum Gasteiger partial charge on any atom is -0.481 e. The molecule has 0 aromatic heterocycles. The van der Waals surface area contributed by atoms with E-state index in [1.807, 2.05) is 0 Å². The maximum atomic E-state index is 11.1. The molecule has 0 saturated carbocycles. The Hall–Kier alpha value is -0.620. The summed E-state index contributed by atoms with van der Waals surface area (Å²) in [7, 11) is -3.16. The monoisotopic (exact) mass is 193 g/mol. The molecule has 0 aliphatic carbocycles. The third-order valence-corrected chi connectivity index (χ3v) is 3.77. The predicted octanol–water partition coefficient (Wildman–Crippen LogP) is -0.648. The molecule has 0 aromatic carbocycles. The van der Waals surface area contributed by atoms with Crippen molar-refractivity contribution in [3.8, 4) is 0 Å². The number of sulfonamides is 1. The first-order chi connectivity index (χ1) is 5.47. The lowest BCUT2D eigenvalue weighted by atomic mass is 10.0. The zero-order valence-corrected chi connectivity index (χ0v) is 7.54. The third kappa shape index (κ3) is 1.59. The molecule has 12 heavy (non-hydrogen) atoms. The van der Waals surface area contributed by atoms with Gasteiger partial charge in [-0.2, -0.15) is 0 Å². The zero-order chi connectivity index (χ0) is 9.35. The van der Waals surface area contributed by atoms with Crippen molar-refractivity contribution in [2.45, 2.75) is 6.92 Å². The molecule has 1 aliphatic heterocycles. The van der Waals surface area contributed by atoms with E-state index in [9.17, 15) is 13.2 Å². The van der Waals surface area contributed by atoms with Crippen LogP contribution in [0.15, 0.2) is 0 Å². The van der Waals surface area contributed by atoms with Gasteiger partial charge in [0.25, 0.3) is 0 Å². The largest absolute Gasteiger partial charge is 0.481 e. The summed E-state index contributed by atoms with van der Waals surface area (Å²) in [5.74, 6) is -1.39. The zero-order valence-electron chi connectivity index (χ0n) is 6.73. The predicted molar refractivity (Wildman–Crippen MR) is 42.2 cm³/mol. The second-order valence-corrected chi connectivity index (χ2v) is 5.01. The van der Waals surface area contributed by atoms with E-state index >= 15 is 0 Å². The summed E-state index contributed by atoms with van der Waals surface area (Å²) < 4.78 is 23.4. The maximum Gasteiger partial charge on any atom is 0.309 e. The minimum atomic E-state index is -3.16. The SMILES string of the molecule is CCS(=O)(=O)N1CC(C(=O)O)C1. The van der Waals surface area contributed by atoms with Crippen molar-refractivity contribution in [2.75, 3.05) is 18.8 Å². The summed E-state index contributed by atoms with van der Waals surface area (Å²) in [5.41, 5.74) is 0. The van der Waals surface area contributed by atoms with Crippen LogP contribution in [0.5, 0.6) is 0 Å². The van der Waals surface area contributed by atoms with Gasteiger partial charge in [-0.25, -0.2) is 12.7 Å². The first-order valence-electron chi connectivity index (χ1n) is 3.68. The Labute approximate surface area is 71.0 Å². The summed E-state index contributed by atoms with van der Waals surface area (Å²) in [6.45, 7) is 1.81. The second-order valence-electron chi connectivity index (χ2n) is 2.75. The Morgan fingerprint density at radius 1 is 1.58 bits per heavy atom. The van der Waals surface area contributed by atoms with Crippen LogP contribution >= 0.6 is 0 Å². The van der Waals surface area contributed by atoms with E-state index in [2.05, 4.69) is 0 Å². The number of rotatable bonds is 3. The van der Waals surface area contributed by atoms with Gasteiger partial charge < -0.3 is 5.11 Å². The van der Waals surface area contributed by atoms with Crippen molar-refractivity contribution in [2.24, 2.45) is 5.92 Å². The molecule has 0 atom stereocenters. The fourth-order valence-corrected chi connectivity index (χ4v) is 2.18. The Balaban J connectivity index is 2.50. The number of carboxylic acid groups (broad SMARTS) is 1. The average molecular weight is 193 g/mol. The molecule has 0 unspecified atom stereocenters. The normalized spacial score (nSPS) is 20.4. The molecule has 1 rings (SSSR count). The highest BCUT2D eigenvalue weighted by Gasteiger charge is 2.38. The van der Waals surface area contributed by atoms with Crippen molar-refractivity contribution in [1.82, 2.24) is 4.31 Å². The minimum absolute atomic E-state index is 0.0410. The molecule has 5 nitrogen and oxygen atoms in total. The van der Waals surface area contributed by atoms with Crippen LogP contribution in [0, 0.1) is 5.92 Å². The van der Waals surface area contributed by atoms with Crippen LogP contribution < -0.4 is 0 Å². The number of hydrogen-bond donors (Lipinski definition) is 1. The lowest BCUT2D eigenvalue weighted by Gasteiger charge is -2.34. The Kier molecular flexibility index (Phi) is 2.39. The number of nitrogens with zero attached hydrogens (tertiary/aromatic N) is 1. The first kappa shape index (κ1) is 9.47. The summed E-state index contributed by atoms with van der Waals surface area (Å²) in [6.07, 6.45) is 0. The lowest BCUT2D eigenvalue weighted by Crippen LogP contribution is -2.53. The average Bonchev–Trinajstić information content (AvgIpc) is 1.82. The van der Waals surface area contributed by atoms with E-state index in [1.54, 1.807) is 6.92 Å². The van der Waals surface area contributed by atoms with Gasteiger partial charge in [-0.1, -0.05) is 0 Å². The fourth-order valence-electron chi connectivity index (χ4n) is 1.00. The fraction of sp³-hybridized carbons (Fsp3) is 0.833. The number of carbonyl (C=O) groups is 1. The molecule has 1 saturated heterocycles. The Morgan fingerprint density at radius 2 is 2.08 bits per heavy atom. The molecular weight excluding hydrogens is 182 g/mol. The molecule has 1 fully saturated rings. The molecule has 0 aromatic rings. The van der Waals surface area contributed by atoms with Crippen molar-refractivity contribution in [1.29, 1.82) is 0 Å². The van der Waals surface area contributed by atoms with Crippen LogP contribution in [0.4, 0.5) is 0 Å². The van der Waals surface area contributed by atoms with Gasteiger partial charge in [0.1, 0.15) is 0 Å². The number of carboxylic acids is 1. The van der Waals surface area contributed by atoms with E-state index in [0.29, 0.717) is 0 Å². The van der Waals surface area contributed by atoms with Crippen LogP contribution in [0.1, 0.15) is 6.92 Å². The summed E-state index contributed by atoms with van der Waals surface area (Å²) in [5, 5.41) is 8.47. The van der Waals surface area contributed by atoms with E-state index in [1.165, 1.54) is 4.31 Å². The molecule has 1 N–H and O–H groups in total. The van der Waals surface area contributed by atoms with Gasteiger partial charge in [0.05, 0.1) is 11.7 Å². The third-order valence-electron chi connectivity index (χ3n) is 1.96. The molecular formula is C6H11NO4S. The van der Waals surface area contributed by atoms with Crippen LogP contribution in [0.2, 0.25) is 0 Å². The second kappa shape index (κ2) is 3.02. The Morgan fingerprint density at radius 3 is 2.42 bits per heavy atom. The highest BCUT2D eigenvalue weighted by Crippen LogP contribution is 2.19. The van der Waals surface area contributed by atoms with Gasteiger partial charge in [-0.3, -0.25) is 4.79 Å². The summed E-state index contributed by atoms with van der Waals surface area (Å²) in [4.78, 5) is 10.3. The van der Waals surface area contributed by atoms with E-state index < -0.39 is 21.9 Å².